The fourth-order valence-corrected chi connectivity index (χ4v) is 4.39. The van der Waals surface area contributed by atoms with Gasteiger partial charge in [-0.1, -0.05) is 35.0 Å². The second-order valence-electron chi connectivity index (χ2n) is 9.39. The van der Waals surface area contributed by atoms with Crippen LogP contribution < -0.4 is 22.1 Å². The zero-order valence-electron chi connectivity index (χ0n) is 20.6. The predicted octanol–water partition coefficient (Wildman–Crippen LogP) is 0.601. The van der Waals surface area contributed by atoms with Crippen LogP contribution in [0.25, 0.3) is 11.4 Å². The molecule has 0 bridgehead atoms. The first-order chi connectivity index (χ1) is 17.7. The van der Waals surface area contributed by atoms with Crippen LogP contribution >= 0.6 is 0 Å². The third kappa shape index (κ3) is 5.06. The van der Waals surface area contributed by atoms with Crippen molar-refractivity contribution in [3.05, 3.63) is 47.1 Å². The summed E-state index contributed by atoms with van der Waals surface area (Å²) in [6.07, 6.45) is 1.41. The summed E-state index contributed by atoms with van der Waals surface area (Å²) >= 11 is 0. The minimum absolute atomic E-state index is 0.0439. The lowest BCUT2D eigenvalue weighted by Crippen LogP contribution is -2.54. The number of hydrogen-bond acceptors (Lipinski definition) is 9. The van der Waals surface area contributed by atoms with E-state index in [1.54, 1.807) is 11.8 Å². The summed E-state index contributed by atoms with van der Waals surface area (Å²) in [5.41, 5.74) is 13.5. The molecule has 4 heterocycles. The third-order valence-electron chi connectivity index (χ3n) is 6.68. The van der Waals surface area contributed by atoms with Gasteiger partial charge in [-0.3, -0.25) is 9.59 Å². The standard InChI is InChI=1S/C24H28N10O3/c1-13-3-5-15(6-4-13)21-29-16(37-33-21)11-17(35)34-9-7-24(8-10-34)12-27-23(32-24)31-22(36)18-20(26)30-19(25)14(2)28-18/h3-6H,7-12H2,1-2H3,(H4,25,26,30)(H2,27,31,32,36). The summed E-state index contributed by atoms with van der Waals surface area (Å²) < 4.78 is 5.31. The number of amides is 2. The molecule has 1 spiro atoms. The average Bonchev–Trinajstić information content (AvgIpc) is 3.49. The van der Waals surface area contributed by atoms with Crippen LogP contribution in [0.15, 0.2) is 33.8 Å². The topological polar surface area (TPSA) is 191 Å². The SMILES string of the molecule is Cc1ccc(-c2noc(CC(=O)N3CCC4(CC3)CN/C(=N\C(=O)c3nc(C)c(N)nc3N)N4)n2)cc1. The van der Waals surface area contributed by atoms with E-state index in [1.807, 2.05) is 31.2 Å². The van der Waals surface area contributed by atoms with Crippen LogP contribution in [0.3, 0.4) is 0 Å². The molecule has 13 nitrogen and oxygen atoms in total. The first-order valence-corrected chi connectivity index (χ1v) is 11.9. The van der Waals surface area contributed by atoms with Gasteiger partial charge in [-0.25, -0.2) is 9.97 Å². The number of anilines is 2. The number of nitrogens with zero attached hydrogens (tertiary/aromatic N) is 6. The molecule has 0 saturated carbocycles. The van der Waals surface area contributed by atoms with Gasteiger partial charge in [0.2, 0.25) is 17.6 Å². The average molecular weight is 505 g/mol. The minimum Gasteiger partial charge on any atom is -0.382 e. The molecule has 5 rings (SSSR count). The first-order valence-electron chi connectivity index (χ1n) is 11.9. The van der Waals surface area contributed by atoms with E-state index in [0.29, 0.717) is 50.0 Å². The van der Waals surface area contributed by atoms with Crippen LogP contribution in [0.1, 0.15) is 40.5 Å². The maximum absolute atomic E-state index is 12.9. The van der Waals surface area contributed by atoms with Gasteiger partial charge < -0.3 is 31.5 Å². The van der Waals surface area contributed by atoms with Gasteiger partial charge in [0.05, 0.1) is 11.2 Å². The molecule has 1 aromatic carbocycles. The number of aliphatic imine (C=N–C) groups is 1. The molecule has 2 amide bonds. The van der Waals surface area contributed by atoms with E-state index in [-0.39, 0.29) is 41.1 Å². The van der Waals surface area contributed by atoms with Crippen molar-refractivity contribution in [3.63, 3.8) is 0 Å². The molecule has 2 fully saturated rings. The molecule has 2 aliphatic heterocycles. The summed E-state index contributed by atoms with van der Waals surface area (Å²) in [6, 6.07) is 7.78. The normalized spacial score (nSPS) is 17.6. The Labute approximate surface area is 212 Å². The number of guanidine groups is 1. The van der Waals surface area contributed by atoms with Crippen LogP contribution in [0.4, 0.5) is 11.6 Å². The number of benzene rings is 1. The maximum atomic E-state index is 12.9. The first kappa shape index (κ1) is 24.2. The fraction of sp³-hybridized carbons (Fsp3) is 0.375. The van der Waals surface area contributed by atoms with Crippen LogP contribution in [0.5, 0.6) is 0 Å². The summed E-state index contributed by atoms with van der Waals surface area (Å²) in [7, 11) is 0. The zero-order chi connectivity index (χ0) is 26.2. The van der Waals surface area contributed by atoms with Crippen LogP contribution in [-0.4, -0.2) is 68.0 Å². The maximum Gasteiger partial charge on any atom is 0.302 e. The zero-order valence-corrected chi connectivity index (χ0v) is 20.6. The molecule has 0 unspecified atom stereocenters. The Balaban J connectivity index is 1.16. The van der Waals surface area contributed by atoms with Crippen molar-refractivity contribution in [1.82, 2.24) is 35.6 Å². The number of piperidine rings is 1. The van der Waals surface area contributed by atoms with Crippen molar-refractivity contribution in [2.75, 3.05) is 31.1 Å². The van der Waals surface area contributed by atoms with Gasteiger partial charge in [0.15, 0.2) is 17.5 Å². The molecule has 2 aromatic heterocycles. The van der Waals surface area contributed by atoms with Crippen molar-refractivity contribution in [2.45, 2.75) is 38.6 Å². The summed E-state index contributed by atoms with van der Waals surface area (Å²) in [5, 5.41) is 10.5. The van der Waals surface area contributed by atoms with Crippen molar-refractivity contribution >= 4 is 29.4 Å². The van der Waals surface area contributed by atoms with Gasteiger partial charge in [0, 0.05) is 25.2 Å². The summed E-state index contributed by atoms with van der Waals surface area (Å²) in [4.78, 5) is 43.8. The second-order valence-corrected chi connectivity index (χ2v) is 9.39. The smallest absolute Gasteiger partial charge is 0.302 e. The molecule has 0 aliphatic carbocycles. The van der Waals surface area contributed by atoms with E-state index in [2.05, 4.69) is 35.7 Å². The summed E-state index contributed by atoms with van der Waals surface area (Å²) in [6.45, 7) is 5.31. The van der Waals surface area contributed by atoms with E-state index < -0.39 is 5.91 Å². The Morgan fingerprint density at radius 1 is 1.08 bits per heavy atom. The number of hydrogen-bond donors (Lipinski definition) is 4. The number of carbonyl (C=O) groups excluding carboxylic acids is 2. The largest absolute Gasteiger partial charge is 0.382 e. The molecule has 192 valence electrons. The molecule has 2 aliphatic rings. The number of carbonyl (C=O) groups is 2. The number of nitrogens with two attached hydrogens (primary N) is 2. The number of likely N-dealkylation sites (tertiary alicyclic amines) is 1. The quantitative estimate of drug-likeness (QED) is 0.389. The van der Waals surface area contributed by atoms with Crippen molar-refractivity contribution in [1.29, 1.82) is 0 Å². The summed E-state index contributed by atoms with van der Waals surface area (Å²) in [5.74, 6) is 0.512. The van der Waals surface area contributed by atoms with Gasteiger partial charge >= 0.3 is 5.91 Å². The van der Waals surface area contributed by atoms with Crippen molar-refractivity contribution < 1.29 is 14.1 Å². The van der Waals surface area contributed by atoms with Gasteiger partial charge in [0.25, 0.3) is 0 Å². The number of nitrogens with one attached hydrogen (secondary N) is 2. The van der Waals surface area contributed by atoms with Crippen LogP contribution in [0.2, 0.25) is 0 Å². The number of rotatable bonds is 4. The fourth-order valence-electron chi connectivity index (χ4n) is 4.39. The number of nitrogen functional groups attached to an aromatic ring is 2. The highest BCUT2D eigenvalue weighted by Crippen LogP contribution is 2.25. The van der Waals surface area contributed by atoms with E-state index in [4.69, 9.17) is 16.0 Å². The molecular weight excluding hydrogens is 476 g/mol. The lowest BCUT2D eigenvalue weighted by Gasteiger charge is -2.38. The van der Waals surface area contributed by atoms with Crippen molar-refractivity contribution in [2.24, 2.45) is 4.99 Å². The highest BCUT2D eigenvalue weighted by Gasteiger charge is 2.41. The van der Waals surface area contributed by atoms with E-state index in [1.165, 1.54) is 0 Å². The molecule has 2 saturated heterocycles. The Hall–Kier alpha value is -4.55. The van der Waals surface area contributed by atoms with E-state index in [0.717, 1.165) is 11.1 Å². The van der Waals surface area contributed by atoms with E-state index in [9.17, 15) is 9.59 Å². The molecule has 0 atom stereocenters. The molecule has 3 aromatic rings. The predicted molar refractivity (Wildman–Crippen MR) is 135 cm³/mol. The lowest BCUT2D eigenvalue weighted by atomic mass is 9.88. The Morgan fingerprint density at radius 3 is 2.54 bits per heavy atom. The molecule has 6 N–H and O–H groups in total. The monoisotopic (exact) mass is 504 g/mol. The highest BCUT2D eigenvalue weighted by atomic mass is 16.5. The highest BCUT2D eigenvalue weighted by molar-refractivity contribution is 6.04. The van der Waals surface area contributed by atoms with Gasteiger partial charge in [-0.05, 0) is 26.7 Å². The van der Waals surface area contributed by atoms with Gasteiger partial charge in [0.1, 0.15) is 12.2 Å². The Morgan fingerprint density at radius 2 is 1.81 bits per heavy atom. The molecule has 0 radical (unpaired) electrons. The van der Waals surface area contributed by atoms with Crippen LogP contribution in [0, 0.1) is 13.8 Å². The lowest BCUT2D eigenvalue weighted by molar-refractivity contribution is -0.132. The minimum atomic E-state index is -0.614. The third-order valence-corrected chi connectivity index (χ3v) is 6.68. The molecule has 13 heteroatoms. The Kier molecular flexibility index (Phi) is 6.19. The van der Waals surface area contributed by atoms with E-state index >= 15 is 0 Å². The number of aryl methyl sites for hydroxylation is 2. The molecular formula is C24H28N10O3. The Bertz CT molecular complexity index is 1370. The van der Waals surface area contributed by atoms with Crippen LogP contribution in [-0.2, 0) is 11.2 Å². The van der Waals surface area contributed by atoms with Gasteiger partial charge in [-0.15, -0.1) is 0 Å². The van der Waals surface area contributed by atoms with Crippen molar-refractivity contribution in [3.8, 4) is 11.4 Å². The number of aromatic nitrogens is 4. The van der Waals surface area contributed by atoms with Gasteiger partial charge in [-0.2, -0.15) is 9.98 Å². The molecule has 37 heavy (non-hydrogen) atoms. The second kappa shape index (κ2) is 9.48.